The Bertz CT molecular complexity index is 1270. The number of unbranched alkanes of at least 4 members (excludes halogenated alkanes) is 8. The van der Waals surface area contributed by atoms with Crippen LogP contribution < -0.4 is 37.9 Å². The first-order valence-electron chi connectivity index (χ1n) is 21.8. The topological polar surface area (TPSA) is 73.8 Å². The summed E-state index contributed by atoms with van der Waals surface area (Å²) in [5, 5.41) is 3.55. The molecule has 0 fully saturated rings. The Kier molecular flexibility index (Phi) is 22.0. The van der Waals surface area contributed by atoms with Crippen LogP contribution in [0.15, 0.2) is 12.1 Å². The summed E-state index contributed by atoms with van der Waals surface area (Å²) in [7, 11) is 0. The summed E-state index contributed by atoms with van der Waals surface area (Å²) in [5.41, 5.74) is 0. The molecule has 0 unspecified atom stereocenters. The molecule has 8 nitrogen and oxygen atoms in total. The number of fused-ring (bicyclic) bond motifs is 2. The van der Waals surface area contributed by atoms with Crippen LogP contribution in [0.1, 0.15) is 158 Å². The molecule has 3 rings (SSSR count). The molecule has 3 aromatic carbocycles. The third kappa shape index (κ3) is 12.8. The summed E-state index contributed by atoms with van der Waals surface area (Å²) in [6, 6.07) is 4.36. The highest BCUT2D eigenvalue weighted by molar-refractivity contribution is 6.11. The number of hydrogen-bond acceptors (Lipinski definition) is 8. The molecule has 306 valence electrons. The van der Waals surface area contributed by atoms with Crippen molar-refractivity contribution in [2.24, 2.45) is 0 Å². The molecule has 0 aliphatic rings. The van der Waals surface area contributed by atoms with Crippen LogP contribution >= 0.6 is 0 Å². The molecule has 0 N–H and O–H groups in total. The monoisotopic (exact) mass is 755 g/mol. The van der Waals surface area contributed by atoms with Crippen molar-refractivity contribution in [1.82, 2.24) is 0 Å². The largest absolute Gasteiger partial charge is 0.489 e. The molecule has 54 heavy (non-hydrogen) atoms. The highest BCUT2D eigenvalue weighted by atomic mass is 16.6. The third-order valence-corrected chi connectivity index (χ3v) is 9.33. The molecule has 0 radical (unpaired) electrons. The van der Waals surface area contributed by atoms with Crippen molar-refractivity contribution in [3.8, 4) is 46.0 Å². The summed E-state index contributed by atoms with van der Waals surface area (Å²) in [4.78, 5) is 0. The van der Waals surface area contributed by atoms with Gasteiger partial charge in [0.2, 0.25) is 23.0 Å². The molecule has 0 spiro atoms. The lowest BCUT2D eigenvalue weighted by Gasteiger charge is -2.25. The van der Waals surface area contributed by atoms with E-state index in [0.717, 1.165) is 124 Å². The van der Waals surface area contributed by atoms with Crippen molar-refractivity contribution in [2.45, 2.75) is 158 Å². The Morgan fingerprint density at radius 1 is 0.241 bits per heavy atom. The van der Waals surface area contributed by atoms with Crippen molar-refractivity contribution in [1.29, 1.82) is 0 Å². The van der Waals surface area contributed by atoms with Gasteiger partial charge in [-0.2, -0.15) is 0 Å². The minimum absolute atomic E-state index is 0.549. The normalized spacial score (nSPS) is 11.3. The average molecular weight is 755 g/mol. The molecule has 0 amide bonds. The van der Waals surface area contributed by atoms with Crippen molar-refractivity contribution in [2.75, 3.05) is 52.9 Å². The summed E-state index contributed by atoms with van der Waals surface area (Å²) in [6.07, 6.45) is 15.4. The van der Waals surface area contributed by atoms with Crippen LogP contribution in [0.5, 0.6) is 46.0 Å². The minimum Gasteiger partial charge on any atom is -0.489 e. The maximum atomic E-state index is 6.76. The quantitative estimate of drug-likeness (QED) is 0.0461. The summed E-state index contributed by atoms with van der Waals surface area (Å²) in [6.45, 7) is 21.8. The van der Waals surface area contributed by atoms with E-state index in [4.69, 9.17) is 37.9 Å². The highest BCUT2D eigenvalue weighted by Gasteiger charge is 2.30. The van der Waals surface area contributed by atoms with Gasteiger partial charge in [0.25, 0.3) is 0 Å². The van der Waals surface area contributed by atoms with E-state index in [1.54, 1.807) is 0 Å². The van der Waals surface area contributed by atoms with E-state index in [1.165, 1.54) is 0 Å². The van der Waals surface area contributed by atoms with Crippen LogP contribution in [-0.2, 0) is 0 Å². The smallest absolute Gasteiger partial charge is 0.208 e. The van der Waals surface area contributed by atoms with Gasteiger partial charge in [0.15, 0.2) is 23.0 Å². The molecule has 3 aromatic rings. The molecule has 0 saturated heterocycles. The van der Waals surface area contributed by atoms with E-state index in [1.807, 2.05) is 0 Å². The van der Waals surface area contributed by atoms with E-state index in [9.17, 15) is 0 Å². The second-order valence-electron chi connectivity index (χ2n) is 14.2. The minimum atomic E-state index is 0.549. The van der Waals surface area contributed by atoms with Gasteiger partial charge in [-0.3, -0.25) is 0 Å². The second kappa shape index (κ2) is 26.4. The van der Waals surface area contributed by atoms with E-state index < -0.39 is 0 Å². The lowest BCUT2D eigenvalue weighted by Crippen LogP contribution is -2.10. The van der Waals surface area contributed by atoms with Gasteiger partial charge in [-0.25, -0.2) is 0 Å². The molecular formula is C46H74O8. The van der Waals surface area contributed by atoms with E-state index in [0.29, 0.717) is 98.9 Å². The fraction of sp³-hybridized carbons (Fsp3) is 0.696. The first-order valence-corrected chi connectivity index (χ1v) is 21.8. The highest BCUT2D eigenvalue weighted by Crippen LogP contribution is 2.57. The van der Waals surface area contributed by atoms with Gasteiger partial charge >= 0.3 is 0 Å². The van der Waals surface area contributed by atoms with Crippen LogP contribution in [-0.4, -0.2) is 52.9 Å². The van der Waals surface area contributed by atoms with E-state index >= 15 is 0 Å². The lowest BCUT2D eigenvalue weighted by atomic mass is 9.98. The van der Waals surface area contributed by atoms with Gasteiger partial charge in [0.05, 0.1) is 52.9 Å². The molecular weight excluding hydrogens is 680 g/mol. The lowest BCUT2D eigenvalue weighted by molar-refractivity contribution is 0.224. The molecule has 0 heterocycles. The molecule has 0 saturated carbocycles. The molecule has 0 aliphatic heterocycles. The zero-order chi connectivity index (χ0) is 39.0. The SMILES string of the molecule is CCCCOc1c(OCCCC)c(OCCCC)c2cc3c(OCCCC)c(OCCCC)c(OCCCC)c(OCCCC)c3cc2c1OCCCC. The first kappa shape index (κ1) is 45.0. The van der Waals surface area contributed by atoms with E-state index in [2.05, 4.69) is 67.5 Å². The van der Waals surface area contributed by atoms with Gasteiger partial charge in [-0.15, -0.1) is 0 Å². The van der Waals surface area contributed by atoms with Gasteiger partial charge < -0.3 is 37.9 Å². The standard InChI is InChI=1S/C46H74O8/c1-9-17-25-47-39-35-33-37-38(34-36(35)40(48-26-18-10-2)44(52-30-22-14-6)43(39)51-29-21-13-5)42(50-28-20-12-4)46(54-32-24-16-8)45(53-31-23-15-7)41(37)49-27-19-11-3/h33-34H,9-32H2,1-8H3. The summed E-state index contributed by atoms with van der Waals surface area (Å²) >= 11 is 0. The fourth-order valence-electron chi connectivity index (χ4n) is 5.90. The van der Waals surface area contributed by atoms with Crippen molar-refractivity contribution < 1.29 is 37.9 Å². The van der Waals surface area contributed by atoms with Crippen molar-refractivity contribution in [3.05, 3.63) is 12.1 Å². The van der Waals surface area contributed by atoms with Gasteiger partial charge in [0, 0.05) is 21.5 Å². The fourth-order valence-corrected chi connectivity index (χ4v) is 5.90. The van der Waals surface area contributed by atoms with Gasteiger partial charge in [-0.05, 0) is 63.5 Å². The molecule has 0 atom stereocenters. The predicted octanol–water partition coefficient (Wildman–Crippen LogP) is 13.4. The van der Waals surface area contributed by atoms with Gasteiger partial charge in [-0.1, -0.05) is 107 Å². The molecule has 0 aliphatic carbocycles. The first-order chi connectivity index (χ1) is 26.6. The Labute approximate surface area is 327 Å². The maximum Gasteiger partial charge on any atom is 0.208 e. The Morgan fingerprint density at radius 3 is 0.537 bits per heavy atom. The second-order valence-corrected chi connectivity index (χ2v) is 14.2. The number of hydrogen-bond donors (Lipinski definition) is 0. The van der Waals surface area contributed by atoms with E-state index in [-0.39, 0.29) is 0 Å². The number of rotatable bonds is 32. The van der Waals surface area contributed by atoms with Gasteiger partial charge in [0.1, 0.15) is 0 Å². The molecule has 0 aromatic heterocycles. The predicted molar refractivity (Wildman–Crippen MR) is 225 cm³/mol. The Morgan fingerprint density at radius 2 is 0.389 bits per heavy atom. The van der Waals surface area contributed by atoms with Crippen molar-refractivity contribution >= 4 is 21.5 Å². The number of ether oxygens (including phenoxy) is 8. The maximum absolute atomic E-state index is 6.76. The van der Waals surface area contributed by atoms with Crippen LogP contribution in [0.3, 0.4) is 0 Å². The third-order valence-electron chi connectivity index (χ3n) is 9.33. The van der Waals surface area contributed by atoms with Crippen LogP contribution in [0, 0.1) is 0 Å². The zero-order valence-corrected chi connectivity index (χ0v) is 35.4. The van der Waals surface area contributed by atoms with Crippen LogP contribution in [0.2, 0.25) is 0 Å². The number of benzene rings is 3. The average Bonchev–Trinajstić information content (AvgIpc) is 3.18. The summed E-state index contributed by atoms with van der Waals surface area (Å²) < 4.78 is 53.7. The summed E-state index contributed by atoms with van der Waals surface area (Å²) in [5.74, 6) is 5.15. The Hall–Kier alpha value is -3.42. The van der Waals surface area contributed by atoms with Crippen LogP contribution in [0.25, 0.3) is 21.5 Å². The molecule has 0 bridgehead atoms. The van der Waals surface area contributed by atoms with Crippen molar-refractivity contribution in [3.63, 3.8) is 0 Å². The van der Waals surface area contributed by atoms with Crippen LogP contribution in [0.4, 0.5) is 0 Å². The Balaban J connectivity index is 2.61. The zero-order valence-electron chi connectivity index (χ0n) is 35.4. The molecule has 8 heteroatoms.